The molecule has 1 aromatic rings. The first kappa shape index (κ1) is 15.4. The van der Waals surface area contributed by atoms with E-state index in [0.29, 0.717) is 4.90 Å². The van der Waals surface area contributed by atoms with Gasteiger partial charge in [0.2, 0.25) is 5.91 Å². The normalized spacial score (nSPS) is 9.70. The fourth-order valence-corrected chi connectivity index (χ4v) is 1.33. The standard InChI is InChI=1S/C12H10F2N3O3/c1-17(6-15)11(18)3-2-8-9(13)4-7(5-10(8)14)20-12(16)19/h3-5H,2H2,1H3,(H2,16,19). The molecule has 2 amide bonds. The second kappa shape index (κ2) is 6.47. The third-order valence-electron chi connectivity index (χ3n) is 2.29. The summed E-state index contributed by atoms with van der Waals surface area (Å²) >= 11 is 0. The Kier molecular flexibility index (Phi) is 4.97. The summed E-state index contributed by atoms with van der Waals surface area (Å²) in [4.78, 5) is 22.5. The van der Waals surface area contributed by atoms with Gasteiger partial charge in [-0.2, -0.15) is 5.26 Å². The maximum absolute atomic E-state index is 13.6. The van der Waals surface area contributed by atoms with Crippen molar-refractivity contribution in [3.63, 3.8) is 0 Å². The van der Waals surface area contributed by atoms with Crippen LogP contribution in [0.3, 0.4) is 0 Å². The third-order valence-corrected chi connectivity index (χ3v) is 2.29. The van der Waals surface area contributed by atoms with Gasteiger partial charge in [-0.05, 0) is 6.42 Å². The van der Waals surface area contributed by atoms with Gasteiger partial charge >= 0.3 is 6.09 Å². The second-order valence-electron chi connectivity index (χ2n) is 3.69. The zero-order valence-electron chi connectivity index (χ0n) is 10.4. The lowest BCUT2D eigenvalue weighted by Crippen LogP contribution is -2.22. The van der Waals surface area contributed by atoms with E-state index in [1.165, 1.54) is 7.05 Å². The highest BCUT2D eigenvalue weighted by Crippen LogP contribution is 2.22. The van der Waals surface area contributed by atoms with Crippen LogP contribution in [0.2, 0.25) is 0 Å². The molecule has 0 aromatic heterocycles. The highest BCUT2D eigenvalue weighted by atomic mass is 19.1. The number of halogens is 2. The van der Waals surface area contributed by atoms with Crippen molar-refractivity contribution >= 4 is 12.0 Å². The first-order valence-corrected chi connectivity index (χ1v) is 5.31. The topological polar surface area (TPSA) is 96.4 Å². The summed E-state index contributed by atoms with van der Waals surface area (Å²) in [5.41, 5.74) is 4.33. The quantitative estimate of drug-likeness (QED) is 0.660. The number of carbonyl (C=O) groups is 2. The molecule has 0 aliphatic heterocycles. The number of hydrogen-bond donors (Lipinski definition) is 1. The molecule has 0 fully saturated rings. The van der Waals surface area contributed by atoms with Gasteiger partial charge in [0.1, 0.15) is 17.4 Å². The lowest BCUT2D eigenvalue weighted by molar-refractivity contribution is -0.123. The monoisotopic (exact) mass is 282 g/mol. The number of ether oxygens (including phenoxy) is 1. The van der Waals surface area contributed by atoms with Gasteiger partial charge in [0.15, 0.2) is 6.19 Å². The highest BCUT2D eigenvalue weighted by molar-refractivity contribution is 5.86. The summed E-state index contributed by atoms with van der Waals surface area (Å²) in [6.07, 6.45) is 0.964. The van der Waals surface area contributed by atoms with Gasteiger partial charge in [-0.1, -0.05) is 0 Å². The molecule has 8 heteroatoms. The first-order chi connectivity index (χ1) is 9.35. The van der Waals surface area contributed by atoms with Gasteiger partial charge in [0.05, 0.1) is 6.42 Å². The van der Waals surface area contributed by atoms with Crippen LogP contribution >= 0.6 is 0 Å². The van der Waals surface area contributed by atoms with E-state index in [2.05, 4.69) is 4.74 Å². The summed E-state index contributed by atoms with van der Waals surface area (Å²) < 4.78 is 31.6. The molecule has 0 aliphatic carbocycles. The van der Waals surface area contributed by atoms with Gasteiger partial charge in [-0.3, -0.25) is 9.69 Å². The average Bonchev–Trinajstić information content (AvgIpc) is 2.35. The number of hydrogen-bond acceptors (Lipinski definition) is 4. The Hall–Kier alpha value is -2.69. The number of primary amides is 1. The Balaban J connectivity index is 2.84. The van der Waals surface area contributed by atoms with E-state index < -0.39 is 23.6 Å². The number of nitrogens with two attached hydrogens (primary N) is 1. The molecule has 1 rings (SSSR count). The van der Waals surface area contributed by atoms with Crippen LogP contribution in [-0.4, -0.2) is 23.9 Å². The van der Waals surface area contributed by atoms with E-state index in [1.807, 2.05) is 0 Å². The summed E-state index contributed by atoms with van der Waals surface area (Å²) in [5.74, 6) is -3.06. The molecule has 2 N–H and O–H groups in total. The SMILES string of the molecule is CN(C#N)C(=O)[CH]Cc1c(F)cc(OC(N)=O)cc1F. The summed E-state index contributed by atoms with van der Waals surface area (Å²) in [6, 6.07) is 1.55. The van der Waals surface area contributed by atoms with Crippen LogP contribution in [0.25, 0.3) is 0 Å². The number of nitrogens with zero attached hydrogens (tertiary/aromatic N) is 2. The molecule has 0 saturated heterocycles. The largest absolute Gasteiger partial charge is 0.410 e. The summed E-state index contributed by atoms with van der Waals surface area (Å²) in [5, 5.41) is 8.46. The van der Waals surface area contributed by atoms with E-state index in [4.69, 9.17) is 11.0 Å². The predicted octanol–water partition coefficient (Wildman–Crippen LogP) is 1.11. The smallest absolute Gasteiger partial charge is 0.409 e. The average molecular weight is 282 g/mol. The van der Waals surface area contributed by atoms with E-state index in [0.717, 1.165) is 18.6 Å². The number of benzene rings is 1. The van der Waals surface area contributed by atoms with Gasteiger partial charge in [0.25, 0.3) is 0 Å². The van der Waals surface area contributed by atoms with Crippen molar-refractivity contribution in [2.24, 2.45) is 5.73 Å². The van der Waals surface area contributed by atoms with Crippen LogP contribution in [0.4, 0.5) is 13.6 Å². The van der Waals surface area contributed by atoms with Crippen molar-refractivity contribution in [2.75, 3.05) is 7.05 Å². The maximum Gasteiger partial charge on any atom is 0.409 e. The molecule has 0 unspecified atom stereocenters. The molecule has 6 nitrogen and oxygen atoms in total. The van der Waals surface area contributed by atoms with Crippen LogP contribution in [0.15, 0.2) is 12.1 Å². The minimum atomic E-state index is -1.20. The Labute approximate surface area is 113 Å². The first-order valence-electron chi connectivity index (χ1n) is 5.31. The predicted molar refractivity (Wildman–Crippen MR) is 63.0 cm³/mol. The van der Waals surface area contributed by atoms with Crippen molar-refractivity contribution in [1.29, 1.82) is 5.26 Å². The second-order valence-corrected chi connectivity index (χ2v) is 3.69. The molecule has 105 valence electrons. The van der Waals surface area contributed by atoms with Gasteiger partial charge < -0.3 is 10.5 Å². The van der Waals surface area contributed by atoms with Crippen molar-refractivity contribution < 1.29 is 23.1 Å². The zero-order chi connectivity index (χ0) is 15.3. The van der Waals surface area contributed by atoms with Crippen LogP contribution in [0, 0.1) is 29.5 Å². The molecule has 0 saturated carbocycles. The van der Waals surface area contributed by atoms with Crippen molar-refractivity contribution in [2.45, 2.75) is 6.42 Å². The number of carbonyl (C=O) groups excluding carboxylic acids is 2. The minimum absolute atomic E-state index is 0.348. The van der Waals surface area contributed by atoms with Crippen LogP contribution in [0.5, 0.6) is 5.75 Å². The van der Waals surface area contributed by atoms with Gasteiger partial charge in [-0.15, -0.1) is 0 Å². The minimum Gasteiger partial charge on any atom is -0.410 e. The van der Waals surface area contributed by atoms with Crippen LogP contribution in [-0.2, 0) is 11.2 Å². The third kappa shape index (κ3) is 3.91. The Morgan fingerprint density at radius 1 is 1.45 bits per heavy atom. The summed E-state index contributed by atoms with van der Waals surface area (Å²) in [7, 11) is 1.22. The Morgan fingerprint density at radius 3 is 2.45 bits per heavy atom. The molecule has 20 heavy (non-hydrogen) atoms. The van der Waals surface area contributed by atoms with Crippen molar-refractivity contribution in [3.8, 4) is 11.9 Å². The van der Waals surface area contributed by atoms with E-state index in [1.54, 1.807) is 6.19 Å². The lowest BCUT2D eigenvalue weighted by Gasteiger charge is -2.09. The van der Waals surface area contributed by atoms with Crippen LogP contribution in [0.1, 0.15) is 5.56 Å². The molecule has 1 aromatic carbocycles. The van der Waals surface area contributed by atoms with E-state index in [-0.39, 0.29) is 17.7 Å². The summed E-state index contributed by atoms with van der Waals surface area (Å²) in [6.45, 7) is 0. The number of rotatable bonds is 4. The molecule has 0 heterocycles. The molecule has 0 spiro atoms. The fraction of sp³-hybridized carbons (Fsp3) is 0.167. The molecule has 1 radical (unpaired) electrons. The maximum atomic E-state index is 13.6. The molecular weight excluding hydrogens is 272 g/mol. The van der Waals surface area contributed by atoms with Crippen molar-refractivity contribution in [3.05, 3.63) is 35.8 Å². The fourth-order valence-electron chi connectivity index (χ4n) is 1.33. The van der Waals surface area contributed by atoms with Gasteiger partial charge in [0, 0.05) is 24.7 Å². The zero-order valence-corrected chi connectivity index (χ0v) is 10.4. The number of amides is 2. The van der Waals surface area contributed by atoms with E-state index >= 15 is 0 Å². The highest BCUT2D eigenvalue weighted by Gasteiger charge is 2.16. The number of nitriles is 1. The lowest BCUT2D eigenvalue weighted by atomic mass is 10.1. The molecule has 0 atom stereocenters. The Morgan fingerprint density at radius 2 is 2.00 bits per heavy atom. The van der Waals surface area contributed by atoms with Crippen molar-refractivity contribution in [1.82, 2.24) is 4.90 Å². The Bertz CT molecular complexity index is 561. The molecular formula is C12H10F2N3O3. The van der Waals surface area contributed by atoms with Crippen LogP contribution < -0.4 is 10.5 Å². The van der Waals surface area contributed by atoms with E-state index in [9.17, 15) is 18.4 Å². The molecule has 0 bridgehead atoms. The van der Waals surface area contributed by atoms with Gasteiger partial charge in [-0.25, -0.2) is 13.6 Å². The molecule has 0 aliphatic rings.